The summed E-state index contributed by atoms with van der Waals surface area (Å²) >= 11 is 0. The minimum atomic E-state index is 0.669. The van der Waals surface area contributed by atoms with Gasteiger partial charge in [0.05, 0.1) is 11.9 Å². The lowest BCUT2D eigenvalue weighted by molar-refractivity contribution is 0.573. The molecular weight excluding hydrogens is 309 g/mol. The number of nitrogens with zero attached hydrogens (tertiary/aromatic N) is 7. The lowest BCUT2D eigenvalue weighted by atomic mass is 10.1. The Balaban J connectivity index is 1.87. The summed E-state index contributed by atoms with van der Waals surface area (Å²) in [6, 6.07) is 0. The number of aryl methyl sites for hydroxylation is 1. The number of aromatic nitrogens is 6. The zero-order valence-corrected chi connectivity index (χ0v) is 14.1. The SMILES string of the molecule is Cc1nc2c(N3CCCCC3)nc(-c3cnc(P)nc3)cn2n1. The molecule has 3 aromatic heterocycles. The summed E-state index contributed by atoms with van der Waals surface area (Å²) in [6.45, 7) is 3.93. The molecule has 0 saturated carbocycles. The minimum Gasteiger partial charge on any atom is -0.353 e. The number of fused-ring (bicyclic) bond motifs is 1. The van der Waals surface area contributed by atoms with Gasteiger partial charge in [-0.1, -0.05) is 9.24 Å². The second-order valence-electron chi connectivity index (χ2n) is 5.75. The molecule has 1 aliphatic rings. The van der Waals surface area contributed by atoms with E-state index in [1.54, 1.807) is 12.4 Å². The molecule has 0 spiro atoms. The van der Waals surface area contributed by atoms with E-state index in [0.717, 1.165) is 41.6 Å². The number of hydrogen-bond acceptors (Lipinski definition) is 6. The van der Waals surface area contributed by atoms with Crippen LogP contribution in [0.5, 0.6) is 0 Å². The fourth-order valence-electron chi connectivity index (χ4n) is 2.91. The fourth-order valence-corrected chi connectivity index (χ4v) is 3.06. The highest BCUT2D eigenvalue weighted by Gasteiger charge is 2.19. The standard InChI is InChI=1S/C15H18N7P/c1-10-18-14-13(21-5-3-2-4-6-21)19-12(9-22(14)20-10)11-7-16-15(23)17-8-11/h7-9H,2-6,23H2,1H3. The van der Waals surface area contributed by atoms with Crippen LogP contribution >= 0.6 is 9.24 Å². The molecule has 8 heteroatoms. The van der Waals surface area contributed by atoms with Crippen LogP contribution < -0.4 is 10.5 Å². The zero-order chi connectivity index (χ0) is 15.8. The van der Waals surface area contributed by atoms with Gasteiger partial charge in [-0.15, -0.1) is 0 Å². The summed E-state index contributed by atoms with van der Waals surface area (Å²) < 4.78 is 1.82. The van der Waals surface area contributed by atoms with Gasteiger partial charge in [0.15, 0.2) is 11.5 Å². The van der Waals surface area contributed by atoms with Crippen LogP contribution in [0.3, 0.4) is 0 Å². The predicted octanol–water partition coefficient (Wildman–Crippen LogP) is 1.38. The maximum Gasteiger partial charge on any atom is 0.198 e. The van der Waals surface area contributed by atoms with Crippen LogP contribution in [0.4, 0.5) is 5.82 Å². The molecule has 1 saturated heterocycles. The van der Waals surface area contributed by atoms with Gasteiger partial charge in [-0.25, -0.2) is 24.5 Å². The Morgan fingerprint density at radius 1 is 1.04 bits per heavy atom. The van der Waals surface area contributed by atoms with E-state index in [0.29, 0.717) is 5.57 Å². The normalized spacial score (nSPS) is 15.3. The van der Waals surface area contributed by atoms with Gasteiger partial charge >= 0.3 is 0 Å². The maximum absolute atomic E-state index is 4.85. The quantitative estimate of drug-likeness (QED) is 0.662. The number of hydrogen-bond donors (Lipinski definition) is 0. The molecule has 1 fully saturated rings. The first-order chi connectivity index (χ1) is 11.2. The van der Waals surface area contributed by atoms with Gasteiger partial charge in [-0.3, -0.25) is 0 Å². The van der Waals surface area contributed by atoms with Crippen LogP contribution in [-0.2, 0) is 0 Å². The lowest BCUT2D eigenvalue weighted by Crippen LogP contribution is -2.30. The number of anilines is 1. The van der Waals surface area contributed by atoms with E-state index in [1.165, 1.54) is 19.3 Å². The van der Waals surface area contributed by atoms with Crippen LogP contribution in [0.15, 0.2) is 18.6 Å². The maximum atomic E-state index is 4.85. The van der Waals surface area contributed by atoms with E-state index < -0.39 is 0 Å². The van der Waals surface area contributed by atoms with E-state index >= 15 is 0 Å². The molecule has 4 heterocycles. The molecule has 3 aromatic rings. The average Bonchev–Trinajstić information content (AvgIpc) is 2.95. The smallest absolute Gasteiger partial charge is 0.198 e. The van der Waals surface area contributed by atoms with Gasteiger partial charge in [0.2, 0.25) is 0 Å². The summed E-state index contributed by atoms with van der Waals surface area (Å²) in [6.07, 6.45) is 9.12. The molecule has 1 aliphatic heterocycles. The fraction of sp³-hybridized carbons (Fsp3) is 0.400. The monoisotopic (exact) mass is 327 g/mol. The Bertz CT molecular complexity index is 837. The molecule has 7 nitrogen and oxygen atoms in total. The Morgan fingerprint density at radius 3 is 2.52 bits per heavy atom. The Kier molecular flexibility index (Phi) is 3.65. The number of piperidine rings is 1. The van der Waals surface area contributed by atoms with Crippen molar-refractivity contribution >= 4 is 26.3 Å². The Hall–Kier alpha value is -2.14. The van der Waals surface area contributed by atoms with Crippen LogP contribution in [-0.4, -0.2) is 42.6 Å². The molecule has 1 atom stereocenters. The predicted molar refractivity (Wildman–Crippen MR) is 92.0 cm³/mol. The van der Waals surface area contributed by atoms with Crippen molar-refractivity contribution in [3.8, 4) is 11.3 Å². The molecule has 0 aliphatic carbocycles. The van der Waals surface area contributed by atoms with Gasteiger partial charge in [0.25, 0.3) is 0 Å². The molecule has 23 heavy (non-hydrogen) atoms. The molecule has 4 rings (SSSR count). The van der Waals surface area contributed by atoms with E-state index in [1.807, 2.05) is 17.6 Å². The highest BCUT2D eigenvalue weighted by molar-refractivity contribution is 7.26. The summed E-state index contributed by atoms with van der Waals surface area (Å²) in [5.74, 6) is 1.65. The Morgan fingerprint density at radius 2 is 1.78 bits per heavy atom. The topological polar surface area (TPSA) is 72.1 Å². The van der Waals surface area contributed by atoms with Gasteiger partial charge in [0, 0.05) is 31.0 Å². The largest absolute Gasteiger partial charge is 0.353 e. The minimum absolute atomic E-state index is 0.669. The van der Waals surface area contributed by atoms with Crippen molar-refractivity contribution in [1.29, 1.82) is 0 Å². The van der Waals surface area contributed by atoms with E-state index in [9.17, 15) is 0 Å². The first-order valence-electron chi connectivity index (χ1n) is 7.77. The van der Waals surface area contributed by atoms with Gasteiger partial charge in [-0.2, -0.15) is 5.10 Å². The van der Waals surface area contributed by atoms with Crippen molar-refractivity contribution in [1.82, 2.24) is 29.5 Å². The molecule has 0 bridgehead atoms. The molecule has 0 N–H and O–H groups in total. The molecule has 1 unspecified atom stereocenters. The van der Waals surface area contributed by atoms with Crippen molar-refractivity contribution in [2.24, 2.45) is 0 Å². The van der Waals surface area contributed by atoms with Gasteiger partial charge in [0.1, 0.15) is 11.4 Å². The summed E-state index contributed by atoms with van der Waals surface area (Å²) in [4.78, 5) is 20.2. The molecular formula is C15H18N7P. The van der Waals surface area contributed by atoms with E-state index in [2.05, 4.69) is 34.2 Å². The average molecular weight is 327 g/mol. The van der Waals surface area contributed by atoms with Crippen molar-refractivity contribution in [3.05, 3.63) is 24.4 Å². The Labute approximate surface area is 136 Å². The first kappa shape index (κ1) is 14.5. The molecule has 0 aromatic carbocycles. The lowest BCUT2D eigenvalue weighted by Gasteiger charge is -2.28. The third-order valence-corrected chi connectivity index (χ3v) is 4.33. The van der Waals surface area contributed by atoms with Gasteiger partial charge in [-0.05, 0) is 26.2 Å². The summed E-state index contributed by atoms with van der Waals surface area (Å²) in [7, 11) is 2.49. The van der Waals surface area contributed by atoms with Crippen molar-refractivity contribution < 1.29 is 0 Å². The highest BCUT2D eigenvalue weighted by atomic mass is 31.0. The van der Waals surface area contributed by atoms with Crippen molar-refractivity contribution in [2.75, 3.05) is 18.0 Å². The van der Waals surface area contributed by atoms with E-state index in [4.69, 9.17) is 4.98 Å². The van der Waals surface area contributed by atoms with Crippen molar-refractivity contribution in [2.45, 2.75) is 26.2 Å². The zero-order valence-electron chi connectivity index (χ0n) is 13.0. The van der Waals surface area contributed by atoms with Crippen LogP contribution in [0.1, 0.15) is 25.1 Å². The highest BCUT2D eigenvalue weighted by Crippen LogP contribution is 2.25. The van der Waals surface area contributed by atoms with E-state index in [-0.39, 0.29) is 0 Å². The van der Waals surface area contributed by atoms with Gasteiger partial charge < -0.3 is 4.90 Å². The first-order valence-corrected chi connectivity index (χ1v) is 8.35. The molecule has 118 valence electrons. The molecule has 0 radical (unpaired) electrons. The van der Waals surface area contributed by atoms with Crippen molar-refractivity contribution in [3.63, 3.8) is 0 Å². The van der Waals surface area contributed by atoms with Crippen LogP contribution in [0, 0.1) is 6.92 Å². The number of rotatable bonds is 2. The summed E-state index contributed by atoms with van der Waals surface area (Å²) in [5, 5.41) is 4.47. The third-order valence-electron chi connectivity index (χ3n) is 4.03. The van der Waals surface area contributed by atoms with Crippen LogP contribution in [0.2, 0.25) is 0 Å². The summed E-state index contributed by atoms with van der Waals surface area (Å²) in [5.41, 5.74) is 3.18. The second kappa shape index (κ2) is 5.81. The third kappa shape index (κ3) is 2.77. The second-order valence-corrected chi connectivity index (χ2v) is 6.27. The molecule has 0 amide bonds. The van der Waals surface area contributed by atoms with Crippen LogP contribution in [0.25, 0.3) is 16.9 Å².